The van der Waals surface area contributed by atoms with Crippen LogP contribution in [-0.4, -0.2) is 37.1 Å². The van der Waals surface area contributed by atoms with Crippen molar-refractivity contribution in [1.82, 2.24) is 4.90 Å². The molecule has 2 nitrogen and oxygen atoms in total. The maximum atomic E-state index is 10.6. The third-order valence-corrected chi connectivity index (χ3v) is 1.24. The number of carbonyl (C=O) groups is 1. The highest BCUT2D eigenvalue weighted by Crippen LogP contribution is 1.82. The van der Waals surface area contributed by atoms with Crippen LogP contribution >= 0.6 is 12.6 Å². The normalized spacial score (nSPS) is 11.2. The molecule has 0 aliphatic rings. The number of allylic oxidation sites excluding steroid dienone is 1. The van der Waals surface area contributed by atoms with Crippen molar-refractivity contribution >= 4 is 18.4 Å². The summed E-state index contributed by atoms with van der Waals surface area (Å²) < 4.78 is 0. The van der Waals surface area contributed by atoms with Crippen molar-refractivity contribution < 1.29 is 4.79 Å². The number of hydrogen-bond acceptors (Lipinski definition) is 3. The topological polar surface area (TPSA) is 20.3 Å². The Labute approximate surface area is 67.3 Å². The molecule has 0 aliphatic carbocycles. The monoisotopic (exact) mass is 159 g/mol. The van der Waals surface area contributed by atoms with E-state index in [0.29, 0.717) is 5.75 Å². The van der Waals surface area contributed by atoms with E-state index in [1.54, 1.807) is 6.08 Å². The van der Waals surface area contributed by atoms with Crippen molar-refractivity contribution in [3.8, 4) is 0 Å². The minimum Gasteiger partial charge on any atom is -0.306 e. The Morgan fingerprint density at radius 2 is 2.20 bits per heavy atom. The summed E-state index contributed by atoms with van der Waals surface area (Å²) in [5.41, 5.74) is 0. The standard InChI is InChI=1S/C7H13NOS/c1-8(2)5-3-4-7(9)6-10/h3-4,10H,5-6H2,1-2H3/b4-3+. The van der Waals surface area contributed by atoms with E-state index < -0.39 is 0 Å². The fourth-order valence-electron chi connectivity index (χ4n) is 0.448. The zero-order valence-electron chi connectivity index (χ0n) is 6.37. The van der Waals surface area contributed by atoms with E-state index in [1.165, 1.54) is 0 Å². The molecular weight excluding hydrogens is 146 g/mol. The SMILES string of the molecule is CN(C)C/C=C/C(=O)CS. The van der Waals surface area contributed by atoms with Crippen molar-refractivity contribution in [1.29, 1.82) is 0 Å². The van der Waals surface area contributed by atoms with E-state index in [9.17, 15) is 4.79 Å². The number of thiol groups is 1. The highest BCUT2D eigenvalue weighted by molar-refractivity contribution is 7.81. The molecule has 0 N–H and O–H groups in total. The summed E-state index contributed by atoms with van der Waals surface area (Å²) in [5, 5.41) is 0. The summed E-state index contributed by atoms with van der Waals surface area (Å²) in [4.78, 5) is 12.6. The van der Waals surface area contributed by atoms with Crippen molar-refractivity contribution in [3.63, 3.8) is 0 Å². The molecule has 0 radical (unpaired) electrons. The summed E-state index contributed by atoms with van der Waals surface area (Å²) in [5.74, 6) is 0.356. The van der Waals surface area contributed by atoms with E-state index in [1.807, 2.05) is 25.1 Å². The van der Waals surface area contributed by atoms with Crippen LogP contribution in [-0.2, 0) is 4.79 Å². The lowest BCUT2D eigenvalue weighted by atomic mass is 10.4. The number of likely N-dealkylation sites (N-methyl/N-ethyl adjacent to an activating group) is 1. The van der Waals surface area contributed by atoms with Crippen LogP contribution in [0.5, 0.6) is 0 Å². The molecule has 0 aliphatic heterocycles. The predicted octanol–water partition coefficient (Wildman–Crippen LogP) is 0.603. The second kappa shape index (κ2) is 5.50. The number of hydrogen-bond donors (Lipinski definition) is 1. The zero-order chi connectivity index (χ0) is 7.98. The molecule has 0 bridgehead atoms. The van der Waals surface area contributed by atoms with E-state index in [2.05, 4.69) is 12.6 Å². The molecule has 0 aromatic heterocycles. The molecule has 58 valence electrons. The first kappa shape index (κ1) is 9.72. The van der Waals surface area contributed by atoms with Crippen LogP contribution in [0.2, 0.25) is 0 Å². The highest BCUT2D eigenvalue weighted by atomic mass is 32.1. The molecule has 10 heavy (non-hydrogen) atoms. The second-order valence-corrected chi connectivity index (χ2v) is 2.61. The maximum Gasteiger partial charge on any atom is 0.165 e. The molecule has 0 saturated heterocycles. The largest absolute Gasteiger partial charge is 0.306 e. The van der Waals surface area contributed by atoms with Crippen molar-refractivity contribution in [2.24, 2.45) is 0 Å². The fourth-order valence-corrected chi connectivity index (χ4v) is 0.553. The van der Waals surface area contributed by atoms with Crippen molar-refractivity contribution in [3.05, 3.63) is 12.2 Å². The Bertz CT molecular complexity index is 132. The Hall–Kier alpha value is -0.280. The third-order valence-electron chi connectivity index (χ3n) is 0.930. The predicted molar refractivity (Wildman–Crippen MR) is 46.6 cm³/mol. The average molecular weight is 159 g/mol. The van der Waals surface area contributed by atoms with Gasteiger partial charge >= 0.3 is 0 Å². The van der Waals surface area contributed by atoms with Gasteiger partial charge in [0.2, 0.25) is 0 Å². The molecule has 0 saturated carbocycles. The lowest BCUT2D eigenvalue weighted by Crippen LogP contribution is -2.11. The third kappa shape index (κ3) is 5.85. The van der Waals surface area contributed by atoms with Crippen LogP contribution in [0.3, 0.4) is 0 Å². The molecule has 0 rings (SSSR count). The van der Waals surface area contributed by atoms with Gasteiger partial charge in [-0.3, -0.25) is 4.79 Å². The molecular formula is C7H13NOS. The Balaban J connectivity index is 3.46. The highest BCUT2D eigenvalue weighted by Gasteiger charge is 1.88. The number of nitrogens with zero attached hydrogens (tertiary/aromatic N) is 1. The summed E-state index contributed by atoms with van der Waals surface area (Å²) >= 11 is 3.83. The van der Waals surface area contributed by atoms with Crippen molar-refractivity contribution in [2.75, 3.05) is 26.4 Å². The van der Waals surface area contributed by atoms with Gasteiger partial charge in [0, 0.05) is 6.54 Å². The smallest absolute Gasteiger partial charge is 0.165 e. The van der Waals surface area contributed by atoms with Crippen LogP contribution in [0.1, 0.15) is 0 Å². The Morgan fingerprint density at radius 1 is 1.60 bits per heavy atom. The summed E-state index contributed by atoms with van der Waals surface area (Å²) in [6.45, 7) is 0.805. The van der Waals surface area contributed by atoms with Gasteiger partial charge < -0.3 is 4.90 Å². The van der Waals surface area contributed by atoms with Crippen LogP contribution < -0.4 is 0 Å². The molecule has 0 amide bonds. The first-order valence-corrected chi connectivity index (χ1v) is 3.75. The van der Waals surface area contributed by atoms with Gasteiger partial charge in [-0.15, -0.1) is 0 Å². The van der Waals surface area contributed by atoms with Crippen molar-refractivity contribution in [2.45, 2.75) is 0 Å². The fraction of sp³-hybridized carbons (Fsp3) is 0.571. The van der Waals surface area contributed by atoms with Crippen LogP contribution in [0, 0.1) is 0 Å². The molecule has 0 fully saturated rings. The quantitative estimate of drug-likeness (QED) is 0.479. The van der Waals surface area contributed by atoms with Gasteiger partial charge in [0.1, 0.15) is 0 Å². The van der Waals surface area contributed by atoms with Crippen LogP contribution in [0.15, 0.2) is 12.2 Å². The average Bonchev–Trinajstić information content (AvgIpc) is 1.87. The van der Waals surface area contributed by atoms with E-state index in [4.69, 9.17) is 0 Å². The van der Waals surface area contributed by atoms with Gasteiger partial charge in [-0.25, -0.2) is 0 Å². The van der Waals surface area contributed by atoms with Crippen LogP contribution in [0.25, 0.3) is 0 Å². The molecule has 0 aromatic carbocycles. The molecule has 0 spiro atoms. The van der Waals surface area contributed by atoms with Gasteiger partial charge in [-0.1, -0.05) is 6.08 Å². The zero-order valence-corrected chi connectivity index (χ0v) is 7.27. The van der Waals surface area contributed by atoms with Crippen LogP contribution in [0.4, 0.5) is 0 Å². The minimum absolute atomic E-state index is 0.0604. The lowest BCUT2D eigenvalue weighted by molar-refractivity contribution is -0.112. The van der Waals surface area contributed by atoms with Gasteiger partial charge in [0.05, 0.1) is 5.75 Å². The minimum atomic E-state index is 0.0604. The molecule has 0 atom stereocenters. The molecule has 0 heterocycles. The second-order valence-electron chi connectivity index (χ2n) is 2.29. The molecule has 0 aromatic rings. The summed E-state index contributed by atoms with van der Waals surface area (Å²) in [6.07, 6.45) is 3.39. The number of ketones is 1. The first-order chi connectivity index (χ1) is 4.66. The van der Waals surface area contributed by atoms with Gasteiger partial charge in [0.25, 0.3) is 0 Å². The van der Waals surface area contributed by atoms with E-state index in [0.717, 1.165) is 6.54 Å². The Kier molecular flexibility index (Phi) is 5.35. The van der Waals surface area contributed by atoms with E-state index >= 15 is 0 Å². The first-order valence-electron chi connectivity index (χ1n) is 3.11. The van der Waals surface area contributed by atoms with E-state index in [-0.39, 0.29) is 5.78 Å². The Morgan fingerprint density at radius 3 is 2.60 bits per heavy atom. The summed E-state index contributed by atoms with van der Waals surface area (Å²) in [6, 6.07) is 0. The lowest BCUT2D eigenvalue weighted by Gasteiger charge is -2.02. The van der Waals surface area contributed by atoms with Gasteiger partial charge in [-0.05, 0) is 20.2 Å². The molecule has 0 unspecified atom stereocenters. The summed E-state index contributed by atoms with van der Waals surface area (Å²) in [7, 11) is 3.91. The maximum absolute atomic E-state index is 10.6. The number of carbonyl (C=O) groups excluding carboxylic acids is 1. The van der Waals surface area contributed by atoms with Gasteiger partial charge in [0.15, 0.2) is 5.78 Å². The van der Waals surface area contributed by atoms with Gasteiger partial charge in [-0.2, -0.15) is 12.6 Å². The number of rotatable bonds is 4. The molecule has 3 heteroatoms.